The lowest BCUT2D eigenvalue weighted by Crippen LogP contribution is -2.37. The summed E-state index contributed by atoms with van der Waals surface area (Å²) in [4.78, 5) is 2.39. The second-order valence-electron chi connectivity index (χ2n) is 6.40. The predicted octanol–water partition coefficient (Wildman–Crippen LogP) is 3.49. The van der Waals surface area contributed by atoms with Crippen molar-refractivity contribution in [3.63, 3.8) is 0 Å². The number of hydrogen-bond acceptors (Lipinski definition) is 3. The molecule has 1 unspecified atom stereocenters. The Morgan fingerprint density at radius 1 is 1.19 bits per heavy atom. The summed E-state index contributed by atoms with van der Waals surface area (Å²) in [6.45, 7) is 10.2. The topological polar surface area (TPSA) is 32.7 Å². The number of nitrogens with zero attached hydrogens (tertiary/aromatic N) is 1. The fourth-order valence-corrected chi connectivity index (χ4v) is 3.11. The Morgan fingerprint density at radius 2 is 1.81 bits per heavy atom. The molecule has 0 aliphatic carbocycles. The van der Waals surface area contributed by atoms with Crippen LogP contribution in [0.4, 0.5) is 0 Å². The van der Waals surface area contributed by atoms with Crippen LogP contribution in [0.5, 0.6) is 5.75 Å². The number of piperidine rings is 1. The molecule has 1 aliphatic rings. The van der Waals surface area contributed by atoms with E-state index < -0.39 is 6.10 Å². The number of aliphatic hydroxyl groups excluding tert-OH is 1. The number of benzene rings is 1. The monoisotopic (exact) mass is 291 g/mol. The zero-order valence-corrected chi connectivity index (χ0v) is 13.6. The van der Waals surface area contributed by atoms with E-state index in [1.54, 1.807) is 0 Å². The fraction of sp³-hybridized carbons (Fsp3) is 0.667. The summed E-state index contributed by atoms with van der Waals surface area (Å²) in [5, 5.41) is 10.4. The third-order valence-corrected chi connectivity index (χ3v) is 4.58. The lowest BCUT2D eigenvalue weighted by Gasteiger charge is -2.34. The molecule has 0 bridgehead atoms. The highest BCUT2D eigenvalue weighted by molar-refractivity contribution is 5.28. The van der Waals surface area contributed by atoms with E-state index in [2.05, 4.69) is 18.7 Å². The van der Waals surface area contributed by atoms with Crippen molar-refractivity contribution in [2.24, 2.45) is 11.8 Å². The summed E-state index contributed by atoms with van der Waals surface area (Å²) >= 11 is 0. The average Bonchev–Trinajstić information content (AvgIpc) is 2.49. The Morgan fingerprint density at radius 3 is 2.33 bits per heavy atom. The number of hydrogen-bond donors (Lipinski definition) is 1. The van der Waals surface area contributed by atoms with Gasteiger partial charge in [-0.3, -0.25) is 0 Å². The maximum absolute atomic E-state index is 10.4. The van der Waals surface area contributed by atoms with Crippen molar-refractivity contribution in [3.8, 4) is 5.75 Å². The molecule has 3 nitrogen and oxygen atoms in total. The first-order chi connectivity index (χ1) is 10.1. The van der Waals surface area contributed by atoms with E-state index in [9.17, 15) is 5.11 Å². The van der Waals surface area contributed by atoms with Gasteiger partial charge in [-0.05, 0) is 62.4 Å². The molecule has 118 valence electrons. The van der Waals surface area contributed by atoms with Crippen LogP contribution in [-0.2, 0) is 0 Å². The first kappa shape index (κ1) is 16.3. The van der Waals surface area contributed by atoms with Crippen molar-refractivity contribution in [2.75, 3.05) is 26.2 Å². The highest BCUT2D eigenvalue weighted by Crippen LogP contribution is 2.26. The lowest BCUT2D eigenvalue weighted by atomic mass is 9.86. The quantitative estimate of drug-likeness (QED) is 0.871. The number of ether oxygens (including phenoxy) is 1. The van der Waals surface area contributed by atoms with Crippen LogP contribution < -0.4 is 4.74 Å². The standard InChI is InChI=1S/C18H29NO2/c1-4-21-17-7-5-16(6-8-17)18(20)13-19-11-9-15(10-12-19)14(2)3/h5-8,14-15,18,20H,4,9-13H2,1-3H3. The Labute approximate surface area is 128 Å². The van der Waals surface area contributed by atoms with Gasteiger partial charge in [-0.25, -0.2) is 0 Å². The second-order valence-corrected chi connectivity index (χ2v) is 6.40. The molecule has 21 heavy (non-hydrogen) atoms. The Balaban J connectivity index is 1.83. The van der Waals surface area contributed by atoms with Gasteiger partial charge in [0, 0.05) is 6.54 Å². The summed E-state index contributed by atoms with van der Waals surface area (Å²) < 4.78 is 5.43. The summed E-state index contributed by atoms with van der Waals surface area (Å²) in [5.74, 6) is 2.50. The van der Waals surface area contributed by atoms with Crippen LogP contribution in [0.2, 0.25) is 0 Å². The minimum atomic E-state index is -0.406. The zero-order valence-electron chi connectivity index (χ0n) is 13.6. The predicted molar refractivity (Wildman–Crippen MR) is 86.6 cm³/mol. The summed E-state index contributed by atoms with van der Waals surface area (Å²) in [6, 6.07) is 7.81. The van der Waals surface area contributed by atoms with E-state index in [1.165, 1.54) is 12.8 Å². The molecule has 0 spiro atoms. The summed E-state index contributed by atoms with van der Waals surface area (Å²) in [7, 11) is 0. The van der Waals surface area contributed by atoms with Crippen molar-refractivity contribution >= 4 is 0 Å². The normalized spacial score (nSPS) is 18.9. The molecule has 1 aromatic rings. The molecule has 0 amide bonds. The molecule has 1 aliphatic heterocycles. The maximum Gasteiger partial charge on any atom is 0.119 e. The Bertz CT molecular complexity index is 408. The maximum atomic E-state index is 10.4. The summed E-state index contributed by atoms with van der Waals surface area (Å²) in [6.07, 6.45) is 2.11. The van der Waals surface area contributed by atoms with Crippen LogP contribution in [-0.4, -0.2) is 36.2 Å². The van der Waals surface area contributed by atoms with Gasteiger partial charge < -0.3 is 14.7 Å². The van der Waals surface area contributed by atoms with Crippen LogP contribution in [0.1, 0.15) is 45.3 Å². The van der Waals surface area contributed by atoms with Crippen LogP contribution in [0.25, 0.3) is 0 Å². The number of aliphatic hydroxyl groups is 1. The molecular formula is C18H29NO2. The van der Waals surface area contributed by atoms with Gasteiger partial charge in [0.05, 0.1) is 12.7 Å². The largest absolute Gasteiger partial charge is 0.494 e. The molecule has 0 saturated carbocycles. The van der Waals surface area contributed by atoms with Crippen LogP contribution in [0, 0.1) is 11.8 Å². The van der Waals surface area contributed by atoms with Crippen molar-refractivity contribution in [3.05, 3.63) is 29.8 Å². The van der Waals surface area contributed by atoms with Gasteiger partial charge in [-0.15, -0.1) is 0 Å². The molecule has 1 atom stereocenters. The number of β-amino-alcohol motifs (C(OH)–C–C–N with tert-alkyl or cyclic N) is 1. The highest BCUT2D eigenvalue weighted by atomic mass is 16.5. The number of rotatable bonds is 6. The lowest BCUT2D eigenvalue weighted by molar-refractivity contribution is 0.0818. The van der Waals surface area contributed by atoms with Gasteiger partial charge in [-0.2, -0.15) is 0 Å². The van der Waals surface area contributed by atoms with E-state index in [1.807, 2.05) is 31.2 Å². The van der Waals surface area contributed by atoms with Gasteiger partial charge in [0.1, 0.15) is 5.75 Å². The third-order valence-electron chi connectivity index (χ3n) is 4.58. The van der Waals surface area contributed by atoms with Gasteiger partial charge in [0.2, 0.25) is 0 Å². The van der Waals surface area contributed by atoms with Crippen molar-refractivity contribution < 1.29 is 9.84 Å². The minimum Gasteiger partial charge on any atom is -0.494 e. The van der Waals surface area contributed by atoms with Crippen molar-refractivity contribution in [1.29, 1.82) is 0 Å². The third kappa shape index (κ3) is 4.72. The van der Waals surface area contributed by atoms with Crippen molar-refractivity contribution in [2.45, 2.75) is 39.7 Å². The van der Waals surface area contributed by atoms with Gasteiger partial charge >= 0.3 is 0 Å². The molecule has 1 fully saturated rings. The highest BCUT2D eigenvalue weighted by Gasteiger charge is 2.23. The van der Waals surface area contributed by atoms with Crippen LogP contribution in [0.3, 0.4) is 0 Å². The molecule has 1 aromatic carbocycles. The van der Waals surface area contributed by atoms with Crippen molar-refractivity contribution in [1.82, 2.24) is 4.90 Å². The number of likely N-dealkylation sites (tertiary alicyclic amines) is 1. The molecule has 0 radical (unpaired) electrons. The van der Waals surface area contributed by atoms with E-state index >= 15 is 0 Å². The van der Waals surface area contributed by atoms with E-state index in [4.69, 9.17) is 4.74 Å². The first-order valence-corrected chi connectivity index (χ1v) is 8.23. The zero-order chi connectivity index (χ0) is 15.2. The average molecular weight is 291 g/mol. The Hall–Kier alpha value is -1.06. The second kappa shape index (κ2) is 7.81. The van der Waals surface area contributed by atoms with Crippen LogP contribution in [0.15, 0.2) is 24.3 Å². The molecule has 3 heteroatoms. The van der Waals surface area contributed by atoms with Gasteiger partial charge in [0.25, 0.3) is 0 Å². The minimum absolute atomic E-state index is 0.406. The molecule has 1 heterocycles. The molecular weight excluding hydrogens is 262 g/mol. The van der Waals surface area contributed by atoms with E-state index in [0.717, 1.165) is 42.8 Å². The smallest absolute Gasteiger partial charge is 0.119 e. The van der Waals surface area contributed by atoms with Gasteiger partial charge in [0.15, 0.2) is 0 Å². The SMILES string of the molecule is CCOc1ccc(C(O)CN2CCC(C(C)C)CC2)cc1. The summed E-state index contributed by atoms with van der Waals surface area (Å²) in [5.41, 5.74) is 0.976. The molecule has 1 N–H and O–H groups in total. The van der Waals surface area contributed by atoms with E-state index in [0.29, 0.717) is 6.61 Å². The van der Waals surface area contributed by atoms with E-state index in [-0.39, 0.29) is 0 Å². The molecule has 1 saturated heterocycles. The molecule has 0 aromatic heterocycles. The Kier molecular flexibility index (Phi) is 6.07. The fourth-order valence-electron chi connectivity index (χ4n) is 3.11. The van der Waals surface area contributed by atoms with Gasteiger partial charge in [-0.1, -0.05) is 26.0 Å². The molecule has 2 rings (SSSR count). The first-order valence-electron chi connectivity index (χ1n) is 8.23. The van der Waals surface area contributed by atoms with Crippen LogP contribution >= 0.6 is 0 Å².